The van der Waals surface area contributed by atoms with Crippen LogP contribution >= 0.6 is 0 Å². The first kappa shape index (κ1) is 20.1. The van der Waals surface area contributed by atoms with Crippen LogP contribution in [0, 0.1) is 0 Å². The largest absolute Gasteiger partial charge is 0.452 e. The Bertz CT molecular complexity index is 1070. The molecular formula is C24H31N5O2. The second kappa shape index (κ2) is 8.36. The molecule has 0 bridgehead atoms. The topological polar surface area (TPSA) is 65.2 Å². The first-order valence-electron chi connectivity index (χ1n) is 11.5. The van der Waals surface area contributed by atoms with Crippen molar-refractivity contribution in [3.63, 3.8) is 0 Å². The van der Waals surface area contributed by atoms with Crippen LogP contribution in [0.3, 0.4) is 0 Å². The molecule has 0 unspecified atom stereocenters. The summed E-state index contributed by atoms with van der Waals surface area (Å²) in [6.45, 7) is 2.90. The number of imidazole rings is 1. The molecule has 1 fully saturated rings. The van der Waals surface area contributed by atoms with Crippen molar-refractivity contribution in [3.8, 4) is 0 Å². The minimum absolute atomic E-state index is 0.122. The molecule has 3 aromatic rings. The van der Waals surface area contributed by atoms with E-state index in [0.29, 0.717) is 6.04 Å². The molecule has 7 heteroatoms. The van der Waals surface area contributed by atoms with Gasteiger partial charge >= 0.3 is 6.09 Å². The van der Waals surface area contributed by atoms with Crippen LogP contribution in [0.1, 0.15) is 62.9 Å². The van der Waals surface area contributed by atoms with Gasteiger partial charge in [0.05, 0.1) is 23.8 Å². The van der Waals surface area contributed by atoms with Gasteiger partial charge in [0.2, 0.25) is 0 Å². The molecule has 1 saturated carbocycles. The van der Waals surface area contributed by atoms with Crippen LogP contribution in [0.4, 0.5) is 10.5 Å². The number of amides is 1. The number of aryl methyl sites for hydroxylation is 3. The van der Waals surface area contributed by atoms with E-state index in [2.05, 4.69) is 28.7 Å². The lowest BCUT2D eigenvalue weighted by Gasteiger charge is -2.34. The maximum atomic E-state index is 12.5. The van der Waals surface area contributed by atoms with Crippen LogP contribution in [0.2, 0.25) is 0 Å². The third-order valence-electron chi connectivity index (χ3n) is 6.96. The Labute approximate surface area is 183 Å². The van der Waals surface area contributed by atoms with E-state index in [-0.39, 0.29) is 12.1 Å². The van der Waals surface area contributed by atoms with Crippen molar-refractivity contribution in [2.45, 2.75) is 76.9 Å². The maximum absolute atomic E-state index is 12.5. The highest BCUT2D eigenvalue weighted by atomic mass is 16.5. The summed E-state index contributed by atoms with van der Waals surface area (Å²) >= 11 is 0. The summed E-state index contributed by atoms with van der Waals surface area (Å²) in [5.74, 6) is 1.13. The number of rotatable bonds is 4. The van der Waals surface area contributed by atoms with Gasteiger partial charge in [-0.15, -0.1) is 0 Å². The van der Waals surface area contributed by atoms with Crippen LogP contribution < -0.4 is 4.90 Å². The molecule has 1 aliphatic heterocycles. The molecule has 1 aromatic carbocycles. The van der Waals surface area contributed by atoms with Crippen molar-refractivity contribution < 1.29 is 9.53 Å². The molecule has 31 heavy (non-hydrogen) atoms. The number of ether oxygens (including phenoxy) is 1. The number of nitrogens with zero attached hydrogens (tertiary/aromatic N) is 5. The van der Waals surface area contributed by atoms with E-state index in [1.165, 1.54) is 50.3 Å². The van der Waals surface area contributed by atoms with E-state index < -0.39 is 0 Å². The zero-order valence-electron chi connectivity index (χ0n) is 18.5. The van der Waals surface area contributed by atoms with Gasteiger partial charge in [-0.1, -0.05) is 19.3 Å². The van der Waals surface area contributed by atoms with Gasteiger partial charge in [-0.05, 0) is 50.8 Å². The van der Waals surface area contributed by atoms with E-state index in [4.69, 9.17) is 9.72 Å². The normalized spacial score (nSPS) is 19.5. The smallest absolute Gasteiger partial charge is 0.414 e. The van der Waals surface area contributed by atoms with Crippen molar-refractivity contribution in [3.05, 3.63) is 42.0 Å². The number of fused-ring (bicyclic) bond motifs is 3. The van der Waals surface area contributed by atoms with Gasteiger partial charge in [0.1, 0.15) is 5.82 Å². The predicted octanol–water partition coefficient (Wildman–Crippen LogP) is 4.89. The Morgan fingerprint density at radius 1 is 1.19 bits per heavy atom. The molecule has 7 nitrogen and oxygen atoms in total. The number of carbonyl (C=O) groups is 1. The van der Waals surface area contributed by atoms with Crippen LogP contribution in [-0.4, -0.2) is 38.6 Å². The van der Waals surface area contributed by atoms with Crippen molar-refractivity contribution in [2.24, 2.45) is 0 Å². The van der Waals surface area contributed by atoms with E-state index in [0.717, 1.165) is 42.8 Å². The Hall–Kier alpha value is -2.83. The van der Waals surface area contributed by atoms with Crippen LogP contribution in [0.5, 0.6) is 0 Å². The highest BCUT2D eigenvalue weighted by molar-refractivity contribution is 5.95. The number of anilines is 1. The summed E-state index contributed by atoms with van der Waals surface area (Å²) in [7, 11) is 1.45. The van der Waals surface area contributed by atoms with Gasteiger partial charge in [0.15, 0.2) is 0 Å². The Balaban J connectivity index is 1.60. The minimum atomic E-state index is -0.293. The molecular weight excluding hydrogens is 390 g/mol. The fraction of sp³-hybridized carbons (Fsp3) is 0.542. The summed E-state index contributed by atoms with van der Waals surface area (Å²) in [5.41, 5.74) is 4.39. The molecule has 3 heterocycles. The molecule has 2 aromatic heterocycles. The SMILES string of the molecule is COC(=O)N1c2ccc3c(nc(CCn4cccn4)n3C3CCCCC3)c2CC[C@@H]1C. The van der Waals surface area contributed by atoms with Crippen molar-refractivity contribution >= 4 is 22.8 Å². The quantitative estimate of drug-likeness (QED) is 0.602. The Morgan fingerprint density at radius 3 is 2.77 bits per heavy atom. The molecule has 0 spiro atoms. The molecule has 1 amide bonds. The summed E-state index contributed by atoms with van der Waals surface area (Å²) in [4.78, 5) is 19.5. The summed E-state index contributed by atoms with van der Waals surface area (Å²) in [6.07, 6.45) is 12.5. The van der Waals surface area contributed by atoms with Crippen LogP contribution in [0.15, 0.2) is 30.6 Å². The van der Waals surface area contributed by atoms with E-state index in [9.17, 15) is 4.79 Å². The fourth-order valence-corrected chi connectivity index (χ4v) is 5.39. The zero-order chi connectivity index (χ0) is 21.4. The molecule has 2 aliphatic rings. The van der Waals surface area contributed by atoms with Gasteiger partial charge in [-0.3, -0.25) is 9.58 Å². The summed E-state index contributed by atoms with van der Waals surface area (Å²) < 4.78 is 9.56. The fourth-order valence-electron chi connectivity index (χ4n) is 5.39. The van der Waals surface area contributed by atoms with Crippen molar-refractivity contribution in [2.75, 3.05) is 12.0 Å². The van der Waals surface area contributed by atoms with Crippen LogP contribution in [0.25, 0.3) is 11.0 Å². The Kier molecular flexibility index (Phi) is 5.42. The van der Waals surface area contributed by atoms with Crippen molar-refractivity contribution in [1.29, 1.82) is 0 Å². The first-order chi connectivity index (χ1) is 15.2. The van der Waals surface area contributed by atoms with Crippen molar-refractivity contribution in [1.82, 2.24) is 19.3 Å². The molecule has 164 valence electrons. The third kappa shape index (κ3) is 3.60. The number of methoxy groups -OCH3 is 1. The average Bonchev–Trinajstić information content (AvgIpc) is 3.45. The highest BCUT2D eigenvalue weighted by Crippen LogP contribution is 2.39. The van der Waals surface area contributed by atoms with Crippen LogP contribution in [-0.2, 0) is 24.1 Å². The number of carbonyl (C=O) groups excluding carboxylic acids is 1. The predicted molar refractivity (Wildman–Crippen MR) is 120 cm³/mol. The van der Waals surface area contributed by atoms with E-state index in [1.807, 2.05) is 23.1 Å². The molecule has 0 N–H and O–H groups in total. The maximum Gasteiger partial charge on any atom is 0.414 e. The second-order valence-electron chi connectivity index (χ2n) is 8.87. The molecule has 5 rings (SSSR count). The number of hydrogen-bond acceptors (Lipinski definition) is 4. The third-order valence-corrected chi connectivity index (χ3v) is 6.96. The first-order valence-corrected chi connectivity index (χ1v) is 11.5. The summed E-state index contributed by atoms with van der Waals surface area (Å²) in [6, 6.07) is 6.85. The molecule has 1 atom stereocenters. The van der Waals surface area contributed by atoms with E-state index in [1.54, 1.807) is 4.90 Å². The molecule has 1 aliphatic carbocycles. The zero-order valence-corrected chi connectivity index (χ0v) is 18.5. The van der Waals surface area contributed by atoms with Gasteiger partial charge in [-0.2, -0.15) is 5.10 Å². The van der Waals surface area contributed by atoms with Gasteiger partial charge in [0.25, 0.3) is 0 Å². The highest BCUT2D eigenvalue weighted by Gasteiger charge is 2.32. The number of benzene rings is 1. The molecule has 0 radical (unpaired) electrons. The number of hydrogen-bond donors (Lipinski definition) is 0. The van der Waals surface area contributed by atoms with Gasteiger partial charge < -0.3 is 9.30 Å². The average molecular weight is 422 g/mol. The minimum Gasteiger partial charge on any atom is -0.452 e. The van der Waals surface area contributed by atoms with E-state index >= 15 is 0 Å². The number of aromatic nitrogens is 4. The van der Waals surface area contributed by atoms with Gasteiger partial charge in [0, 0.05) is 43.0 Å². The molecule has 0 saturated heterocycles. The lowest BCUT2D eigenvalue weighted by molar-refractivity contribution is 0.175. The lowest BCUT2D eigenvalue weighted by atomic mass is 9.94. The lowest BCUT2D eigenvalue weighted by Crippen LogP contribution is -2.42. The second-order valence-corrected chi connectivity index (χ2v) is 8.87. The Morgan fingerprint density at radius 2 is 2.03 bits per heavy atom. The van der Waals surface area contributed by atoms with Gasteiger partial charge in [-0.25, -0.2) is 9.78 Å². The standard InChI is InChI=1S/C24H31N5O2/c1-17-9-10-19-20(28(17)24(30)31-2)11-12-21-23(19)26-22(13-16-27-15-6-14-25-27)29(21)18-7-4-3-5-8-18/h6,11-12,14-15,17-18H,3-5,7-10,13,16H2,1-2H3/t17-/m0/s1. The monoisotopic (exact) mass is 421 g/mol. The summed E-state index contributed by atoms with van der Waals surface area (Å²) in [5, 5.41) is 4.37.